The summed E-state index contributed by atoms with van der Waals surface area (Å²) in [5.41, 5.74) is 4.25. The number of hydrazine groups is 1. The highest BCUT2D eigenvalue weighted by Crippen LogP contribution is 2.22. The number of benzene rings is 2. The van der Waals surface area contributed by atoms with Crippen molar-refractivity contribution in [3.05, 3.63) is 65.6 Å². The molecule has 0 spiro atoms. The van der Waals surface area contributed by atoms with Crippen LogP contribution >= 0.6 is 0 Å². The molecule has 0 radical (unpaired) electrons. The van der Waals surface area contributed by atoms with Crippen molar-refractivity contribution >= 4 is 17.3 Å². The molecule has 1 N–H and O–H groups in total. The summed E-state index contributed by atoms with van der Waals surface area (Å²) in [7, 11) is 0. The number of carbonyl (C=O) groups excluding carboxylic acids is 1. The van der Waals surface area contributed by atoms with Gasteiger partial charge in [-0.05, 0) is 24.3 Å². The van der Waals surface area contributed by atoms with Crippen LogP contribution in [0.4, 0.5) is 11.4 Å². The van der Waals surface area contributed by atoms with E-state index in [4.69, 9.17) is 0 Å². The molecular formula is C14H13N3O2. The van der Waals surface area contributed by atoms with E-state index in [0.29, 0.717) is 0 Å². The third-order valence-corrected chi connectivity index (χ3v) is 2.47. The Bertz CT molecular complexity index is 504. The Labute approximate surface area is 110 Å². The van der Waals surface area contributed by atoms with Crippen LogP contribution in [0.1, 0.15) is 0 Å². The monoisotopic (exact) mass is 255 g/mol. The molecule has 0 saturated heterocycles. The molecule has 0 aliphatic carbocycles. The molecule has 2 aromatic carbocycles. The van der Waals surface area contributed by atoms with Gasteiger partial charge in [-0.15, -0.1) is 0 Å². The lowest BCUT2D eigenvalue weighted by atomic mass is 10.2. The second kappa shape index (κ2) is 6.30. The number of hydrogen-bond donors (Lipinski definition) is 1. The summed E-state index contributed by atoms with van der Waals surface area (Å²) in [6.45, 7) is -0.407. The molecule has 5 nitrogen and oxygen atoms in total. The number of rotatable bonds is 5. The minimum atomic E-state index is -0.456. The molecule has 2 rings (SSSR count). The number of amides is 1. The van der Waals surface area contributed by atoms with E-state index in [0.717, 1.165) is 11.4 Å². The van der Waals surface area contributed by atoms with E-state index in [2.05, 4.69) is 10.6 Å². The van der Waals surface area contributed by atoms with Gasteiger partial charge in [0.1, 0.15) is 0 Å². The molecule has 19 heavy (non-hydrogen) atoms. The van der Waals surface area contributed by atoms with E-state index in [1.54, 1.807) is 5.01 Å². The number of carbonyl (C=O) groups is 1. The fourth-order valence-corrected chi connectivity index (χ4v) is 1.65. The molecule has 0 atom stereocenters. The highest BCUT2D eigenvalue weighted by molar-refractivity contribution is 5.82. The van der Waals surface area contributed by atoms with E-state index in [1.807, 2.05) is 60.7 Å². The van der Waals surface area contributed by atoms with Crippen molar-refractivity contribution in [2.24, 2.45) is 5.18 Å². The minimum Gasteiger partial charge on any atom is -0.271 e. The standard InChI is InChI=1S/C14H13N3O2/c18-14(11-15-19)16-17(12-7-3-1-4-8-12)13-9-5-2-6-10-13/h1-10H,11H2,(H,16,18). The number of nitrogens with one attached hydrogen (secondary N) is 1. The highest BCUT2D eigenvalue weighted by atomic mass is 16.3. The van der Waals surface area contributed by atoms with Gasteiger partial charge < -0.3 is 0 Å². The van der Waals surface area contributed by atoms with Gasteiger partial charge in [-0.2, -0.15) is 4.91 Å². The summed E-state index contributed by atoms with van der Waals surface area (Å²) in [5, 5.41) is 4.21. The lowest BCUT2D eigenvalue weighted by Crippen LogP contribution is -2.40. The van der Waals surface area contributed by atoms with Crippen LogP contribution in [0.5, 0.6) is 0 Å². The first kappa shape index (κ1) is 12.8. The van der Waals surface area contributed by atoms with Crippen molar-refractivity contribution in [2.75, 3.05) is 11.6 Å². The van der Waals surface area contributed by atoms with Gasteiger partial charge >= 0.3 is 0 Å². The van der Waals surface area contributed by atoms with Gasteiger partial charge in [0, 0.05) is 0 Å². The first-order valence-electron chi connectivity index (χ1n) is 5.80. The van der Waals surface area contributed by atoms with Gasteiger partial charge in [-0.3, -0.25) is 15.2 Å². The summed E-state index contributed by atoms with van der Waals surface area (Å²) in [6, 6.07) is 18.7. The SMILES string of the molecule is O=NCC(=O)NN(c1ccccc1)c1ccccc1. The fourth-order valence-electron chi connectivity index (χ4n) is 1.65. The van der Waals surface area contributed by atoms with Crippen LogP contribution in [0.25, 0.3) is 0 Å². The molecule has 1 amide bonds. The topological polar surface area (TPSA) is 61.8 Å². The van der Waals surface area contributed by atoms with Crippen LogP contribution in [-0.2, 0) is 4.79 Å². The van der Waals surface area contributed by atoms with Crippen molar-refractivity contribution < 1.29 is 4.79 Å². The van der Waals surface area contributed by atoms with Crippen LogP contribution in [0.15, 0.2) is 65.8 Å². The highest BCUT2D eigenvalue weighted by Gasteiger charge is 2.11. The Morgan fingerprint density at radius 3 is 1.84 bits per heavy atom. The molecule has 0 fully saturated rings. The second-order valence-electron chi connectivity index (χ2n) is 3.83. The first-order valence-corrected chi connectivity index (χ1v) is 5.80. The first-order chi connectivity index (χ1) is 9.31. The molecule has 0 saturated carbocycles. The zero-order chi connectivity index (χ0) is 13.5. The Hall–Kier alpha value is -2.69. The Balaban J connectivity index is 2.29. The van der Waals surface area contributed by atoms with Gasteiger partial charge in [0.2, 0.25) is 0 Å². The second-order valence-corrected chi connectivity index (χ2v) is 3.83. The molecule has 5 heteroatoms. The van der Waals surface area contributed by atoms with Crippen LogP contribution in [0, 0.1) is 4.91 Å². The zero-order valence-corrected chi connectivity index (χ0v) is 10.2. The third-order valence-electron chi connectivity index (χ3n) is 2.47. The predicted molar refractivity (Wildman–Crippen MR) is 73.8 cm³/mol. The molecular weight excluding hydrogens is 242 g/mol. The summed E-state index contributed by atoms with van der Waals surface area (Å²) in [5.74, 6) is -0.456. The lowest BCUT2D eigenvalue weighted by molar-refractivity contribution is -0.119. The van der Waals surface area contributed by atoms with Crippen LogP contribution in [-0.4, -0.2) is 12.5 Å². The van der Waals surface area contributed by atoms with Crippen molar-refractivity contribution in [1.82, 2.24) is 5.43 Å². The average Bonchev–Trinajstić information content (AvgIpc) is 2.47. The Kier molecular flexibility index (Phi) is 4.23. The summed E-state index contributed by atoms with van der Waals surface area (Å²) in [6.07, 6.45) is 0. The average molecular weight is 255 g/mol. The summed E-state index contributed by atoms with van der Waals surface area (Å²) < 4.78 is 0. The van der Waals surface area contributed by atoms with E-state index in [-0.39, 0.29) is 0 Å². The van der Waals surface area contributed by atoms with Gasteiger partial charge in [0.05, 0.1) is 11.4 Å². The predicted octanol–water partition coefficient (Wildman–Crippen LogP) is 2.62. The quantitative estimate of drug-likeness (QED) is 0.660. The van der Waals surface area contributed by atoms with E-state index in [1.165, 1.54) is 0 Å². The third kappa shape index (κ3) is 3.38. The maximum absolute atomic E-state index is 11.6. The molecule has 0 heterocycles. The molecule has 0 unspecified atom stereocenters. The van der Waals surface area contributed by atoms with E-state index >= 15 is 0 Å². The normalized spacial score (nSPS) is 9.68. The molecule has 0 aliphatic heterocycles. The van der Waals surface area contributed by atoms with Crippen LogP contribution in [0.3, 0.4) is 0 Å². The number of hydrogen-bond acceptors (Lipinski definition) is 4. The van der Waals surface area contributed by atoms with Gasteiger partial charge in [-0.1, -0.05) is 41.6 Å². The maximum Gasteiger partial charge on any atom is 0.264 e. The van der Waals surface area contributed by atoms with Gasteiger partial charge in [-0.25, -0.2) is 0 Å². The molecule has 0 aliphatic rings. The van der Waals surface area contributed by atoms with Gasteiger partial charge in [0.25, 0.3) is 5.91 Å². The van der Waals surface area contributed by atoms with E-state index < -0.39 is 12.5 Å². The smallest absolute Gasteiger partial charge is 0.264 e. The zero-order valence-electron chi connectivity index (χ0n) is 10.2. The molecule has 2 aromatic rings. The largest absolute Gasteiger partial charge is 0.271 e. The number of para-hydroxylation sites is 2. The van der Waals surface area contributed by atoms with Crippen molar-refractivity contribution in [3.8, 4) is 0 Å². The van der Waals surface area contributed by atoms with Crippen molar-refractivity contribution in [1.29, 1.82) is 0 Å². The van der Waals surface area contributed by atoms with E-state index in [9.17, 15) is 9.70 Å². The molecule has 0 bridgehead atoms. The molecule has 0 aromatic heterocycles. The van der Waals surface area contributed by atoms with Gasteiger partial charge in [0.15, 0.2) is 6.54 Å². The maximum atomic E-state index is 11.6. The Morgan fingerprint density at radius 1 is 0.947 bits per heavy atom. The van der Waals surface area contributed by atoms with Crippen molar-refractivity contribution in [2.45, 2.75) is 0 Å². The summed E-state index contributed by atoms with van der Waals surface area (Å²) >= 11 is 0. The lowest BCUT2D eigenvalue weighted by Gasteiger charge is -2.24. The number of nitrogens with zero attached hydrogens (tertiary/aromatic N) is 2. The number of anilines is 2. The number of nitroso groups, excluding NO2 is 1. The van der Waals surface area contributed by atoms with Crippen molar-refractivity contribution in [3.63, 3.8) is 0 Å². The summed E-state index contributed by atoms with van der Waals surface area (Å²) in [4.78, 5) is 21.7. The van der Waals surface area contributed by atoms with Crippen LogP contribution in [0.2, 0.25) is 0 Å². The Morgan fingerprint density at radius 2 is 1.42 bits per heavy atom. The fraction of sp³-hybridized carbons (Fsp3) is 0.0714. The van der Waals surface area contributed by atoms with Crippen LogP contribution < -0.4 is 10.4 Å². The molecule has 96 valence electrons. The minimum absolute atomic E-state index is 0.407.